The fourth-order valence-corrected chi connectivity index (χ4v) is 5.53. The number of nitrogens with one attached hydrogen (secondary N) is 3. The van der Waals surface area contributed by atoms with E-state index in [2.05, 4.69) is 10.6 Å². The zero-order chi connectivity index (χ0) is 30.9. The largest absolute Gasteiger partial charge is 0.413 e. The molecule has 0 aliphatic carbocycles. The summed E-state index contributed by atoms with van der Waals surface area (Å²) in [6, 6.07) is 33.0. The Kier molecular flexibility index (Phi) is 9.66. The minimum Gasteiger partial charge on any atom is -0.410 e. The highest BCUT2D eigenvalue weighted by molar-refractivity contribution is 5.95. The molecule has 5 N–H and O–H groups in total. The molecular formula is C35H35N5O4. The van der Waals surface area contributed by atoms with Crippen molar-refractivity contribution in [2.45, 2.75) is 37.4 Å². The Balaban J connectivity index is 1.40. The van der Waals surface area contributed by atoms with Crippen LogP contribution in [0.3, 0.4) is 0 Å². The van der Waals surface area contributed by atoms with Crippen LogP contribution >= 0.6 is 0 Å². The van der Waals surface area contributed by atoms with Crippen molar-refractivity contribution < 1.29 is 19.1 Å². The molecule has 224 valence electrons. The molecule has 4 aromatic rings. The number of nitrogens with zero attached hydrogens (tertiary/aromatic N) is 1. The predicted octanol–water partition coefficient (Wildman–Crippen LogP) is 4.57. The molecular weight excluding hydrogens is 554 g/mol. The molecule has 1 heterocycles. The fourth-order valence-electron chi connectivity index (χ4n) is 5.53. The zero-order valence-electron chi connectivity index (χ0n) is 24.2. The van der Waals surface area contributed by atoms with E-state index in [1.807, 2.05) is 66.7 Å². The molecule has 1 aliphatic heterocycles. The van der Waals surface area contributed by atoms with Crippen LogP contribution < -0.4 is 21.1 Å². The highest BCUT2D eigenvalue weighted by Crippen LogP contribution is 2.31. The van der Waals surface area contributed by atoms with Crippen molar-refractivity contribution in [3.63, 3.8) is 0 Å². The zero-order valence-corrected chi connectivity index (χ0v) is 24.2. The minimum atomic E-state index is -1.05. The molecule has 9 nitrogen and oxygen atoms in total. The topological polar surface area (TPSA) is 138 Å². The lowest BCUT2D eigenvalue weighted by Gasteiger charge is -2.33. The molecule has 0 unspecified atom stereocenters. The average Bonchev–Trinajstić information content (AvgIpc) is 3.55. The number of nitrogens with two attached hydrogens (primary N) is 1. The SMILES string of the molecule is N=C(N)c1ccc(CNC(=O)[C@@H]2CCCN2C(=O)[C@H](NC(=O)Oc2ccccc2)C(c2ccccc2)c2ccccc2)cc1. The first-order valence-corrected chi connectivity index (χ1v) is 14.6. The van der Waals surface area contributed by atoms with Crippen LogP contribution in [0.1, 0.15) is 41.0 Å². The molecule has 0 aromatic heterocycles. The van der Waals surface area contributed by atoms with E-state index in [-0.39, 0.29) is 24.2 Å². The summed E-state index contributed by atoms with van der Waals surface area (Å²) in [4.78, 5) is 42.7. The Morgan fingerprint density at radius 3 is 1.98 bits per heavy atom. The molecule has 44 heavy (non-hydrogen) atoms. The number of carbonyl (C=O) groups excluding carboxylic acids is 3. The Hall–Kier alpha value is -5.44. The number of nitrogen functional groups attached to an aromatic ring is 1. The number of ether oxygens (including phenoxy) is 1. The number of benzene rings is 4. The summed E-state index contributed by atoms with van der Waals surface area (Å²) in [6.45, 7) is 0.643. The van der Waals surface area contributed by atoms with E-state index in [0.29, 0.717) is 30.7 Å². The first-order chi connectivity index (χ1) is 21.4. The van der Waals surface area contributed by atoms with Gasteiger partial charge >= 0.3 is 6.09 Å². The molecule has 3 amide bonds. The Morgan fingerprint density at radius 2 is 1.41 bits per heavy atom. The number of rotatable bonds is 10. The van der Waals surface area contributed by atoms with Crippen LogP contribution in [0.5, 0.6) is 5.75 Å². The van der Waals surface area contributed by atoms with E-state index < -0.39 is 24.1 Å². The van der Waals surface area contributed by atoms with Crippen LogP contribution in [0.2, 0.25) is 0 Å². The number of hydrogen-bond donors (Lipinski definition) is 4. The van der Waals surface area contributed by atoms with Crippen LogP contribution in [-0.2, 0) is 16.1 Å². The summed E-state index contributed by atoms with van der Waals surface area (Å²) in [5, 5.41) is 13.4. The lowest BCUT2D eigenvalue weighted by Crippen LogP contribution is -2.56. The molecule has 2 atom stereocenters. The lowest BCUT2D eigenvalue weighted by molar-refractivity contribution is -0.140. The second-order valence-corrected chi connectivity index (χ2v) is 10.6. The Labute approximate surface area is 256 Å². The van der Waals surface area contributed by atoms with Crippen LogP contribution in [0.4, 0.5) is 4.79 Å². The minimum absolute atomic E-state index is 0.0270. The highest BCUT2D eigenvalue weighted by atomic mass is 16.6. The van der Waals surface area contributed by atoms with E-state index in [0.717, 1.165) is 16.7 Å². The number of likely N-dealkylation sites (tertiary alicyclic amines) is 1. The van der Waals surface area contributed by atoms with Crippen molar-refractivity contribution in [2.75, 3.05) is 6.54 Å². The second-order valence-electron chi connectivity index (χ2n) is 10.6. The van der Waals surface area contributed by atoms with Crippen molar-refractivity contribution >= 4 is 23.7 Å². The lowest BCUT2D eigenvalue weighted by atomic mass is 9.84. The number of carbonyl (C=O) groups is 3. The summed E-state index contributed by atoms with van der Waals surface area (Å²) in [6.07, 6.45) is 0.392. The highest BCUT2D eigenvalue weighted by Gasteiger charge is 2.41. The van der Waals surface area contributed by atoms with Gasteiger partial charge < -0.3 is 26.0 Å². The van der Waals surface area contributed by atoms with Crippen LogP contribution in [0, 0.1) is 5.41 Å². The van der Waals surface area contributed by atoms with Crippen molar-refractivity contribution in [1.82, 2.24) is 15.5 Å². The molecule has 1 aliphatic rings. The summed E-state index contributed by atoms with van der Waals surface area (Å²) in [5.74, 6) is -0.857. The summed E-state index contributed by atoms with van der Waals surface area (Å²) in [5.41, 5.74) is 8.66. The third-order valence-electron chi connectivity index (χ3n) is 7.71. The molecule has 4 aromatic carbocycles. The number of para-hydroxylation sites is 1. The molecule has 5 rings (SSSR count). The quantitative estimate of drug-likeness (QED) is 0.159. The van der Waals surface area contributed by atoms with E-state index in [1.165, 1.54) is 0 Å². The number of amides is 3. The van der Waals surface area contributed by atoms with Gasteiger partial charge in [-0.3, -0.25) is 15.0 Å². The molecule has 1 saturated heterocycles. The van der Waals surface area contributed by atoms with Gasteiger partial charge in [0.05, 0.1) is 0 Å². The van der Waals surface area contributed by atoms with E-state index >= 15 is 0 Å². The van der Waals surface area contributed by atoms with Crippen LogP contribution in [-0.4, -0.2) is 47.3 Å². The Morgan fingerprint density at radius 1 is 0.841 bits per heavy atom. The predicted molar refractivity (Wildman–Crippen MR) is 168 cm³/mol. The maximum Gasteiger partial charge on any atom is 0.413 e. The van der Waals surface area contributed by atoms with Gasteiger partial charge in [-0.15, -0.1) is 0 Å². The normalized spacial score (nSPS) is 14.9. The molecule has 1 fully saturated rings. The second kappa shape index (κ2) is 14.2. The average molecular weight is 590 g/mol. The van der Waals surface area contributed by atoms with Gasteiger partial charge in [-0.05, 0) is 41.7 Å². The fraction of sp³-hybridized carbons (Fsp3) is 0.200. The van der Waals surface area contributed by atoms with Crippen molar-refractivity contribution in [2.24, 2.45) is 5.73 Å². The molecule has 0 bridgehead atoms. The first-order valence-electron chi connectivity index (χ1n) is 14.6. The third kappa shape index (κ3) is 7.30. The van der Waals surface area contributed by atoms with Crippen LogP contribution in [0.25, 0.3) is 0 Å². The third-order valence-corrected chi connectivity index (χ3v) is 7.71. The van der Waals surface area contributed by atoms with Crippen molar-refractivity contribution in [1.29, 1.82) is 5.41 Å². The first kappa shape index (κ1) is 30.0. The van der Waals surface area contributed by atoms with Gasteiger partial charge in [0, 0.05) is 24.6 Å². The monoisotopic (exact) mass is 589 g/mol. The summed E-state index contributed by atoms with van der Waals surface area (Å²) < 4.78 is 5.54. The van der Waals surface area contributed by atoms with E-state index in [4.69, 9.17) is 15.9 Å². The molecule has 0 spiro atoms. The summed E-state index contributed by atoms with van der Waals surface area (Å²) >= 11 is 0. The van der Waals surface area contributed by atoms with Gasteiger partial charge in [0.25, 0.3) is 0 Å². The number of amidine groups is 1. The summed E-state index contributed by atoms with van der Waals surface area (Å²) in [7, 11) is 0. The van der Waals surface area contributed by atoms with E-state index in [1.54, 1.807) is 53.4 Å². The van der Waals surface area contributed by atoms with Gasteiger partial charge in [0.1, 0.15) is 23.7 Å². The van der Waals surface area contributed by atoms with Crippen LogP contribution in [0.15, 0.2) is 115 Å². The van der Waals surface area contributed by atoms with Crippen molar-refractivity contribution in [3.8, 4) is 5.75 Å². The maximum atomic E-state index is 14.5. The van der Waals surface area contributed by atoms with Crippen molar-refractivity contribution in [3.05, 3.63) is 138 Å². The van der Waals surface area contributed by atoms with Gasteiger partial charge in [0.2, 0.25) is 11.8 Å². The molecule has 0 radical (unpaired) electrons. The standard InChI is InChI=1S/C35H35N5O4/c36-32(37)27-20-18-24(19-21-27)23-38-33(41)29-17-10-22-40(29)34(42)31(39-35(43)44-28-15-8-3-9-16-28)30(25-11-4-1-5-12-25)26-13-6-2-7-14-26/h1-9,11-16,18-21,29-31H,10,17,22-23H2,(H3,36,37)(H,38,41)(H,39,43)/t29-,31+/m0/s1. The molecule has 9 heteroatoms. The Bertz CT molecular complexity index is 1540. The van der Waals surface area contributed by atoms with Gasteiger partial charge in [0.15, 0.2) is 0 Å². The van der Waals surface area contributed by atoms with E-state index in [9.17, 15) is 14.4 Å². The van der Waals surface area contributed by atoms with Gasteiger partial charge in [-0.2, -0.15) is 0 Å². The maximum absolute atomic E-state index is 14.5. The smallest absolute Gasteiger partial charge is 0.410 e. The number of hydrogen-bond acceptors (Lipinski definition) is 5. The molecule has 0 saturated carbocycles. The van der Waals surface area contributed by atoms with Gasteiger partial charge in [-0.25, -0.2) is 4.79 Å². The van der Waals surface area contributed by atoms with Gasteiger partial charge in [-0.1, -0.05) is 103 Å².